The second-order valence-corrected chi connectivity index (χ2v) is 5.95. The van der Waals surface area contributed by atoms with Crippen molar-refractivity contribution in [3.05, 3.63) is 24.0 Å². The molecular weight excluding hydrogens is 238 g/mol. The fraction of sp³-hybridized carbons (Fsp3) is 0.667. The Bertz CT molecular complexity index is 442. The molecule has 19 heavy (non-hydrogen) atoms. The molecule has 2 heterocycles. The molecule has 0 radical (unpaired) electrons. The minimum Gasteiger partial charge on any atom is -0.348 e. The maximum absolute atomic E-state index is 12.2. The first-order valence-corrected chi connectivity index (χ1v) is 7.31. The molecule has 1 aromatic heterocycles. The molecule has 0 spiro atoms. The summed E-state index contributed by atoms with van der Waals surface area (Å²) in [5, 5.41) is 0. The SMILES string of the molecule is Cn1cccc1C(=O)CN1CCN(CC2CC2)CC1. The van der Waals surface area contributed by atoms with Crippen LogP contribution in [0, 0.1) is 5.92 Å². The van der Waals surface area contributed by atoms with Crippen LogP contribution in [0.25, 0.3) is 0 Å². The largest absolute Gasteiger partial charge is 0.348 e. The summed E-state index contributed by atoms with van der Waals surface area (Å²) >= 11 is 0. The predicted molar refractivity (Wildman–Crippen MR) is 75.3 cm³/mol. The van der Waals surface area contributed by atoms with Crippen LogP contribution >= 0.6 is 0 Å². The molecule has 1 aliphatic carbocycles. The van der Waals surface area contributed by atoms with Crippen LogP contribution in [0.5, 0.6) is 0 Å². The van der Waals surface area contributed by atoms with Crippen LogP contribution in [0.1, 0.15) is 23.3 Å². The highest BCUT2D eigenvalue weighted by molar-refractivity contribution is 5.96. The van der Waals surface area contributed by atoms with Gasteiger partial charge in [0.1, 0.15) is 0 Å². The van der Waals surface area contributed by atoms with Crippen LogP contribution in [-0.4, -0.2) is 59.4 Å². The number of hydrogen-bond donors (Lipinski definition) is 0. The summed E-state index contributed by atoms with van der Waals surface area (Å²) in [6.45, 7) is 6.15. The highest BCUT2D eigenvalue weighted by Crippen LogP contribution is 2.29. The summed E-state index contributed by atoms with van der Waals surface area (Å²) < 4.78 is 1.91. The van der Waals surface area contributed by atoms with Gasteiger partial charge in [0, 0.05) is 46.0 Å². The normalized spacial score (nSPS) is 21.7. The van der Waals surface area contributed by atoms with Gasteiger partial charge in [0.15, 0.2) is 5.78 Å². The number of aryl methyl sites for hydroxylation is 1. The number of aromatic nitrogens is 1. The van der Waals surface area contributed by atoms with E-state index in [0.717, 1.165) is 37.8 Å². The van der Waals surface area contributed by atoms with E-state index in [1.165, 1.54) is 19.4 Å². The van der Waals surface area contributed by atoms with Crippen LogP contribution in [0.15, 0.2) is 18.3 Å². The van der Waals surface area contributed by atoms with Gasteiger partial charge in [-0.25, -0.2) is 0 Å². The van der Waals surface area contributed by atoms with Gasteiger partial charge in [-0.1, -0.05) is 0 Å². The lowest BCUT2D eigenvalue weighted by Crippen LogP contribution is -2.48. The lowest BCUT2D eigenvalue weighted by atomic mass is 10.2. The summed E-state index contributed by atoms with van der Waals surface area (Å²) in [4.78, 5) is 17.0. The maximum Gasteiger partial charge on any atom is 0.193 e. The van der Waals surface area contributed by atoms with Gasteiger partial charge in [-0.2, -0.15) is 0 Å². The fourth-order valence-electron chi connectivity index (χ4n) is 2.83. The van der Waals surface area contributed by atoms with Gasteiger partial charge in [0.2, 0.25) is 0 Å². The van der Waals surface area contributed by atoms with E-state index < -0.39 is 0 Å². The first-order valence-electron chi connectivity index (χ1n) is 7.31. The van der Waals surface area contributed by atoms with Crippen molar-refractivity contribution >= 4 is 5.78 Å². The third kappa shape index (κ3) is 3.25. The van der Waals surface area contributed by atoms with E-state index in [9.17, 15) is 4.79 Å². The topological polar surface area (TPSA) is 28.5 Å². The van der Waals surface area contributed by atoms with Crippen molar-refractivity contribution in [1.82, 2.24) is 14.4 Å². The molecule has 1 saturated carbocycles. The standard InChI is InChI=1S/C15H23N3O/c1-16-6-2-3-14(16)15(19)12-18-9-7-17(8-10-18)11-13-4-5-13/h2-3,6,13H,4-5,7-12H2,1H3. The van der Waals surface area contributed by atoms with Crippen molar-refractivity contribution in [3.63, 3.8) is 0 Å². The minimum atomic E-state index is 0.239. The molecule has 2 fully saturated rings. The number of ketones is 1. The maximum atomic E-state index is 12.2. The van der Waals surface area contributed by atoms with Crippen molar-refractivity contribution in [2.45, 2.75) is 12.8 Å². The zero-order valence-electron chi connectivity index (χ0n) is 11.7. The third-order valence-electron chi connectivity index (χ3n) is 4.27. The van der Waals surface area contributed by atoms with Gasteiger partial charge in [-0.15, -0.1) is 0 Å². The average Bonchev–Trinajstić information content (AvgIpc) is 3.11. The Balaban J connectivity index is 1.46. The van der Waals surface area contributed by atoms with E-state index in [0.29, 0.717) is 6.54 Å². The molecule has 2 aliphatic rings. The molecule has 1 aliphatic heterocycles. The second-order valence-electron chi connectivity index (χ2n) is 5.95. The Hall–Kier alpha value is -1.13. The minimum absolute atomic E-state index is 0.239. The summed E-state index contributed by atoms with van der Waals surface area (Å²) in [6.07, 6.45) is 4.78. The molecule has 1 aromatic rings. The van der Waals surface area contributed by atoms with Gasteiger partial charge in [-0.3, -0.25) is 9.69 Å². The molecule has 0 atom stereocenters. The van der Waals surface area contributed by atoms with E-state index in [1.54, 1.807) is 0 Å². The lowest BCUT2D eigenvalue weighted by molar-refractivity contribution is 0.0840. The molecule has 104 valence electrons. The molecule has 0 amide bonds. The van der Waals surface area contributed by atoms with Gasteiger partial charge in [0.25, 0.3) is 0 Å². The first kappa shape index (κ1) is 12.9. The summed E-state index contributed by atoms with van der Waals surface area (Å²) in [6, 6.07) is 3.84. The molecule has 0 unspecified atom stereocenters. The molecule has 1 saturated heterocycles. The fourth-order valence-corrected chi connectivity index (χ4v) is 2.83. The van der Waals surface area contributed by atoms with E-state index >= 15 is 0 Å². The Labute approximate surface area is 115 Å². The summed E-state index contributed by atoms with van der Waals surface area (Å²) in [5.74, 6) is 1.21. The summed E-state index contributed by atoms with van der Waals surface area (Å²) in [5.41, 5.74) is 0.820. The van der Waals surface area contributed by atoms with Crippen molar-refractivity contribution in [1.29, 1.82) is 0 Å². The van der Waals surface area contributed by atoms with E-state index in [-0.39, 0.29) is 5.78 Å². The van der Waals surface area contributed by atoms with Crippen LogP contribution in [0.3, 0.4) is 0 Å². The van der Waals surface area contributed by atoms with Crippen molar-refractivity contribution < 1.29 is 4.79 Å². The van der Waals surface area contributed by atoms with Gasteiger partial charge in [0.05, 0.1) is 12.2 Å². The average molecular weight is 261 g/mol. The van der Waals surface area contributed by atoms with Crippen molar-refractivity contribution in [2.24, 2.45) is 13.0 Å². The highest BCUT2D eigenvalue weighted by Gasteiger charge is 2.27. The van der Waals surface area contributed by atoms with Crippen LogP contribution < -0.4 is 0 Å². The number of hydrogen-bond acceptors (Lipinski definition) is 3. The quantitative estimate of drug-likeness (QED) is 0.747. The Morgan fingerprint density at radius 3 is 2.47 bits per heavy atom. The predicted octanol–water partition coefficient (Wildman–Crippen LogP) is 1.24. The Morgan fingerprint density at radius 1 is 1.21 bits per heavy atom. The first-order chi connectivity index (χ1) is 9.22. The van der Waals surface area contributed by atoms with E-state index in [4.69, 9.17) is 0 Å². The number of carbonyl (C=O) groups is 1. The van der Waals surface area contributed by atoms with Crippen molar-refractivity contribution in [3.8, 4) is 0 Å². The van der Waals surface area contributed by atoms with E-state index in [2.05, 4.69) is 9.80 Å². The van der Waals surface area contributed by atoms with Gasteiger partial charge >= 0.3 is 0 Å². The van der Waals surface area contributed by atoms with Gasteiger partial charge in [-0.05, 0) is 30.9 Å². The number of piperazine rings is 1. The number of nitrogens with zero attached hydrogens (tertiary/aromatic N) is 3. The number of rotatable bonds is 5. The van der Waals surface area contributed by atoms with Gasteiger partial charge < -0.3 is 9.47 Å². The molecule has 4 nitrogen and oxygen atoms in total. The zero-order valence-corrected chi connectivity index (χ0v) is 11.7. The second kappa shape index (κ2) is 5.47. The smallest absolute Gasteiger partial charge is 0.193 e. The Kier molecular flexibility index (Phi) is 3.71. The van der Waals surface area contributed by atoms with Crippen molar-refractivity contribution in [2.75, 3.05) is 39.3 Å². The molecule has 4 heteroatoms. The monoisotopic (exact) mass is 261 g/mol. The lowest BCUT2D eigenvalue weighted by Gasteiger charge is -2.34. The molecular formula is C15H23N3O. The summed E-state index contributed by atoms with van der Waals surface area (Å²) in [7, 11) is 1.93. The molecule has 0 aromatic carbocycles. The molecule has 3 rings (SSSR count). The third-order valence-corrected chi connectivity index (χ3v) is 4.27. The molecule has 0 N–H and O–H groups in total. The van der Waals surface area contributed by atoms with E-state index in [1.807, 2.05) is 29.9 Å². The Morgan fingerprint density at radius 2 is 1.89 bits per heavy atom. The zero-order chi connectivity index (χ0) is 13.2. The highest BCUT2D eigenvalue weighted by atomic mass is 16.1. The molecule has 0 bridgehead atoms. The number of carbonyl (C=O) groups excluding carboxylic acids is 1. The van der Waals surface area contributed by atoms with Crippen LogP contribution in [0.2, 0.25) is 0 Å². The van der Waals surface area contributed by atoms with Crippen LogP contribution in [0.4, 0.5) is 0 Å². The number of Topliss-reactive ketones (excluding diaryl/α,β-unsaturated/α-hetero) is 1. The van der Waals surface area contributed by atoms with Crippen LogP contribution in [-0.2, 0) is 7.05 Å².